The van der Waals surface area contributed by atoms with Crippen molar-refractivity contribution in [1.29, 1.82) is 0 Å². The summed E-state index contributed by atoms with van der Waals surface area (Å²) >= 11 is 0. The number of aryl methyl sites for hydroxylation is 1. The van der Waals surface area contributed by atoms with Gasteiger partial charge in [0.25, 0.3) is 0 Å². The summed E-state index contributed by atoms with van der Waals surface area (Å²) in [4.78, 5) is 14.2. The number of anilines is 3. The fourth-order valence-electron chi connectivity index (χ4n) is 4.71. The molecule has 1 aliphatic carbocycles. The molecule has 3 aromatic rings. The minimum absolute atomic E-state index is 0.383. The third-order valence-electron chi connectivity index (χ3n) is 6.55. The lowest BCUT2D eigenvalue weighted by atomic mass is 9.95. The fraction of sp³-hybridized carbons (Fsp3) is 0.560. The van der Waals surface area contributed by atoms with Crippen molar-refractivity contribution >= 4 is 28.6 Å². The van der Waals surface area contributed by atoms with Crippen molar-refractivity contribution < 1.29 is 5.11 Å². The van der Waals surface area contributed by atoms with Crippen LogP contribution in [0.2, 0.25) is 0 Å². The monoisotopic (exact) mass is 451 g/mol. The first-order valence-electron chi connectivity index (χ1n) is 12.2. The molecule has 33 heavy (non-hydrogen) atoms. The highest BCUT2D eigenvalue weighted by atomic mass is 16.3. The van der Waals surface area contributed by atoms with Gasteiger partial charge in [0.1, 0.15) is 0 Å². The summed E-state index contributed by atoms with van der Waals surface area (Å²) < 4.78 is 2.21. The molecule has 0 radical (unpaired) electrons. The van der Waals surface area contributed by atoms with E-state index in [1.165, 1.54) is 19.3 Å². The van der Waals surface area contributed by atoms with Gasteiger partial charge in [-0.25, -0.2) is 4.98 Å². The predicted molar refractivity (Wildman–Crippen MR) is 134 cm³/mol. The quantitative estimate of drug-likeness (QED) is 0.346. The topological polar surface area (TPSA) is 114 Å². The van der Waals surface area contributed by atoms with E-state index >= 15 is 0 Å². The lowest BCUT2D eigenvalue weighted by Gasteiger charge is -2.24. The largest absolute Gasteiger partial charge is 0.398 e. The van der Waals surface area contributed by atoms with Crippen LogP contribution in [0.1, 0.15) is 76.0 Å². The molecule has 2 heterocycles. The minimum Gasteiger partial charge on any atom is -0.398 e. The average molecular weight is 452 g/mol. The number of benzene rings is 1. The van der Waals surface area contributed by atoms with Gasteiger partial charge in [-0.2, -0.15) is 9.97 Å². The molecule has 1 aliphatic rings. The van der Waals surface area contributed by atoms with Crippen LogP contribution in [0.15, 0.2) is 24.5 Å². The maximum Gasteiger partial charge on any atom is 0.226 e. The Hall–Kier alpha value is -2.87. The fourth-order valence-corrected chi connectivity index (χ4v) is 4.71. The van der Waals surface area contributed by atoms with Crippen molar-refractivity contribution in [1.82, 2.24) is 19.5 Å². The van der Waals surface area contributed by atoms with Crippen molar-refractivity contribution in [2.75, 3.05) is 22.9 Å². The highest BCUT2D eigenvalue weighted by Crippen LogP contribution is 2.32. The Morgan fingerprint density at radius 1 is 1.18 bits per heavy atom. The molecular formula is C25H37N7O. The van der Waals surface area contributed by atoms with E-state index in [0.29, 0.717) is 37.3 Å². The summed E-state index contributed by atoms with van der Waals surface area (Å²) in [6.45, 7) is 6.89. The molecule has 1 atom stereocenters. The maximum absolute atomic E-state index is 10.6. The second-order valence-corrected chi connectivity index (χ2v) is 9.67. The standard InChI is InChI=1S/C25H37N7O/c1-4-12-25(3,33)15-28-24-30-22(27-14-18-13-17(2)10-11-20(18)26)21-23(31-24)32(16-29-21)19-8-6-5-7-9-19/h10-11,13,16,19,33H,4-9,12,14-15,26H2,1-3H3,(H2,27,28,30,31). The predicted octanol–water partition coefficient (Wildman–Crippen LogP) is 4.80. The lowest BCUT2D eigenvalue weighted by molar-refractivity contribution is 0.0635. The summed E-state index contributed by atoms with van der Waals surface area (Å²) in [6, 6.07) is 6.44. The van der Waals surface area contributed by atoms with Gasteiger partial charge in [-0.15, -0.1) is 0 Å². The molecule has 0 aliphatic heterocycles. The van der Waals surface area contributed by atoms with Crippen LogP contribution in [0.25, 0.3) is 11.2 Å². The molecule has 8 nitrogen and oxygen atoms in total. The van der Waals surface area contributed by atoms with E-state index < -0.39 is 5.60 Å². The van der Waals surface area contributed by atoms with Crippen LogP contribution >= 0.6 is 0 Å². The van der Waals surface area contributed by atoms with E-state index in [9.17, 15) is 5.11 Å². The van der Waals surface area contributed by atoms with E-state index in [1.807, 2.05) is 25.4 Å². The van der Waals surface area contributed by atoms with Crippen molar-refractivity contribution in [2.24, 2.45) is 0 Å². The molecule has 1 unspecified atom stereocenters. The van der Waals surface area contributed by atoms with Crippen molar-refractivity contribution in [3.63, 3.8) is 0 Å². The zero-order valence-corrected chi connectivity index (χ0v) is 20.1. The Morgan fingerprint density at radius 2 is 1.97 bits per heavy atom. The molecule has 1 fully saturated rings. The van der Waals surface area contributed by atoms with Crippen LogP contribution in [0.5, 0.6) is 0 Å². The molecule has 0 spiro atoms. The third kappa shape index (κ3) is 5.55. The van der Waals surface area contributed by atoms with Gasteiger partial charge >= 0.3 is 0 Å². The molecule has 1 saturated carbocycles. The van der Waals surface area contributed by atoms with Crippen molar-refractivity contribution in [2.45, 2.75) is 83.9 Å². The van der Waals surface area contributed by atoms with E-state index in [1.54, 1.807) is 0 Å². The van der Waals surface area contributed by atoms with Crippen LogP contribution in [-0.2, 0) is 6.54 Å². The Labute approximate surface area is 196 Å². The smallest absolute Gasteiger partial charge is 0.226 e. The van der Waals surface area contributed by atoms with Crippen molar-refractivity contribution in [3.8, 4) is 0 Å². The van der Waals surface area contributed by atoms with Crippen LogP contribution in [0, 0.1) is 6.92 Å². The highest BCUT2D eigenvalue weighted by Gasteiger charge is 2.23. The summed E-state index contributed by atoms with van der Waals surface area (Å²) in [6.07, 6.45) is 9.57. The van der Waals surface area contributed by atoms with Gasteiger partial charge in [0, 0.05) is 24.8 Å². The average Bonchev–Trinajstić information content (AvgIpc) is 3.23. The number of fused-ring (bicyclic) bond motifs is 1. The third-order valence-corrected chi connectivity index (χ3v) is 6.55. The molecule has 0 bridgehead atoms. The summed E-state index contributed by atoms with van der Waals surface area (Å²) in [5.41, 5.74) is 9.89. The molecule has 5 N–H and O–H groups in total. The van der Waals surface area contributed by atoms with E-state index in [-0.39, 0.29) is 0 Å². The number of nitrogen functional groups attached to an aromatic ring is 1. The zero-order chi connectivity index (χ0) is 23.4. The van der Waals surface area contributed by atoms with E-state index in [4.69, 9.17) is 20.7 Å². The minimum atomic E-state index is -0.819. The van der Waals surface area contributed by atoms with Gasteiger partial charge in [0.05, 0.1) is 11.9 Å². The highest BCUT2D eigenvalue weighted by molar-refractivity contribution is 5.84. The number of nitrogens with zero attached hydrogens (tertiary/aromatic N) is 4. The Balaban J connectivity index is 1.65. The van der Waals surface area contributed by atoms with Gasteiger partial charge in [0.15, 0.2) is 17.0 Å². The molecule has 4 rings (SSSR count). The van der Waals surface area contributed by atoms with Gasteiger partial charge in [-0.05, 0) is 44.7 Å². The first-order chi connectivity index (χ1) is 15.9. The molecule has 0 amide bonds. The Bertz CT molecular complexity index is 1090. The molecule has 178 valence electrons. The van der Waals surface area contributed by atoms with Crippen molar-refractivity contribution in [3.05, 3.63) is 35.7 Å². The molecule has 0 saturated heterocycles. The molecule has 2 aromatic heterocycles. The lowest BCUT2D eigenvalue weighted by Crippen LogP contribution is -2.33. The van der Waals surface area contributed by atoms with Crippen LogP contribution in [0.4, 0.5) is 17.5 Å². The second kappa shape index (κ2) is 9.95. The van der Waals surface area contributed by atoms with Gasteiger partial charge in [-0.1, -0.05) is 50.3 Å². The van der Waals surface area contributed by atoms with Gasteiger partial charge < -0.3 is 26.0 Å². The van der Waals surface area contributed by atoms with Crippen LogP contribution in [0.3, 0.4) is 0 Å². The van der Waals surface area contributed by atoms with Gasteiger partial charge in [0.2, 0.25) is 5.95 Å². The summed E-state index contributed by atoms with van der Waals surface area (Å²) in [5.74, 6) is 1.17. The number of hydrogen-bond acceptors (Lipinski definition) is 7. The number of rotatable bonds is 9. The summed E-state index contributed by atoms with van der Waals surface area (Å²) in [5, 5.41) is 17.3. The number of nitrogens with two attached hydrogens (primary N) is 1. The first kappa shape index (κ1) is 23.3. The normalized spacial score (nSPS) is 16.6. The van der Waals surface area contributed by atoms with Gasteiger partial charge in [-0.3, -0.25) is 0 Å². The second-order valence-electron chi connectivity index (χ2n) is 9.67. The summed E-state index contributed by atoms with van der Waals surface area (Å²) in [7, 11) is 0. The SMILES string of the molecule is CCCC(C)(O)CNc1nc(NCc2cc(C)ccc2N)c2ncn(C3CCCCC3)c2n1. The number of aromatic nitrogens is 4. The van der Waals surface area contributed by atoms with E-state index in [0.717, 1.165) is 47.2 Å². The number of hydrogen-bond donors (Lipinski definition) is 4. The van der Waals surface area contributed by atoms with E-state index in [2.05, 4.69) is 35.1 Å². The first-order valence-corrected chi connectivity index (χ1v) is 12.2. The maximum atomic E-state index is 10.6. The zero-order valence-electron chi connectivity index (χ0n) is 20.1. The molecule has 8 heteroatoms. The number of imidazole rings is 1. The number of aliphatic hydroxyl groups is 1. The Kier molecular flexibility index (Phi) is 7.02. The number of nitrogens with one attached hydrogen (secondary N) is 2. The van der Waals surface area contributed by atoms with Crippen LogP contribution < -0.4 is 16.4 Å². The molecule has 1 aromatic carbocycles. The Morgan fingerprint density at radius 3 is 2.73 bits per heavy atom. The van der Waals surface area contributed by atoms with Crippen LogP contribution in [-0.4, -0.2) is 36.8 Å². The molecular weight excluding hydrogens is 414 g/mol.